The predicted molar refractivity (Wildman–Crippen MR) is 83.9 cm³/mol. The first-order chi connectivity index (χ1) is 10.8. The van der Waals surface area contributed by atoms with Crippen molar-refractivity contribution in [3.8, 4) is 11.3 Å². The highest BCUT2D eigenvalue weighted by molar-refractivity contribution is 7.90. The smallest absolute Gasteiger partial charge is 0.341 e. The van der Waals surface area contributed by atoms with Crippen molar-refractivity contribution in [1.29, 1.82) is 0 Å². The number of nitrogens with zero attached hydrogens (tertiary/aromatic N) is 4. The number of aromatic nitrogens is 4. The van der Waals surface area contributed by atoms with Gasteiger partial charge >= 0.3 is 6.03 Å². The van der Waals surface area contributed by atoms with Crippen molar-refractivity contribution < 1.29 is 13.2 Å². The Hall–Kier alpha value is -2.52. The van der Waals surface area contributed by atoms with Crippen LogP contribution < -0.4 is 5.73 Å². The molecule has 2 N–H and O–H groups in total. The Morgan fingerprint density at radius 1 is 1.30 bits per heavy atom. The van der Waals surface area contributed by atoms with Gasteiger partial charge in [0.25, 0.3) is 0 Å². The summed E-state index contributed by atoms with van der Waals surface area (Å²) < 4.78 is 24.0. The molecule has 2 aromatic heterocycles. The average molecular weight is 352 g/mol. The number of carbonyl (C=O) groups excluding carboxylic acids is 1. The largest absolute Gasteiger partial charge is 0.350 e. The molecule has 1 amide bonds. The SMILES string of the molecule is CS(=O)(=O)c1ncc2c(-c3ccccc3Cl)nn(C(N)=O)c2n1. The highest BCUT2D eigenvalue weighted by atomic mass is 35.5. The van der Waals surface area contributed by atoms with Crippen LogP contribution in [0.2, 0.25) is 5.02 Å². The average Bonchev–Trinajstić information content (AvgIpc) is 2.85. The standard InChI is InChI=1S/C13H10ClN5O3S/c1-23(21,22)13-16-6-8-10(7-4-2-3-5-9(7)14)18-19(12(15)20)11(8)17-13/h2-6H,1H3,(H2,15,20). The summed E-state index contributed by atoms with van der Waals surface area (Å²) in [6.07, 6.45) is 2.25. The van der Waals surface area contributed by atoms with E-state index < -0.39 is 21.0 Å². The molecule has 0 saturated carbocycles. The van der Waals surface area contributed by atoms with E-state index in [1.54, 1.807) is 24.3 Å². The Morgan fingerprint density at radius 3 is 2.61 bits per heavy atom. The van der Waals surface area contributed by atoms with Crippen molar-refractivity contribution >= 4 is 38.5 Å². The molecular formula is C13H10ClN5O3S. The number of primary amides is 1. The Labute approximate surface area is 135 Å². The van der Waals surface area contributed by atoms with Gasteiger partial charge in [-0.05, 0) is 6.07 Å². The van der Waals surface area contributed by atoms with Gasteiger partial charge in [0.2, 0.25) is 15.0 Å². The Morgan fingerprint density at radius 2 is 2.00 bits per heavy atom. The minimum Gasteiger partial charge on any atom is -0.350 e. The van der Waals surface area contributed by atoms with Crippen LogP contribution in [0.15, 0.2) is 35.6 Å². The number of hydrogen-bond acceptors (Lipinski definition) is 6. The number of carbonyl (C=O) groups is 1. The van der Waals surface area contributed by atoms with Crippen molar-refractivity contribution in [2.75, 3.05) is 6.26 Å². The second-order valence-corrected chi connectivity index (χ2v) is 7.06. The fourth-order valence-corrected chi connectivity index (χ4v) is 2.79. The van der Waals surface area contributed by atoms with Crippen molar-refractivity contribution in [3.63, 3.8) is 0 Å². The highest BCUT2D eigenvalue weighted by Crippen LogP contribution is 2.31. The predicted octanol–water partition coefficient (Wildman–Crippen LogP) is 1.48. The fraction of sp³-hybridized carbons (Fsp3) is 0.0769. The van der Waals surface area contributed by atoms with Crippen molar-refractivity contribution in [3.05, 3.63) is 35.5 Å². The molecule has 0 unspecified atom stereocenters. The molecule has 0 spiro atoms. The van der Waals surface area contributed by atoms with E-state index in [0.29, 0.717) is 21.7 Å². The molecule has 0 bridgehead atoms. The van der Waals surface area contributed by atoms with Gasteiger partial charge in [-0.1, -0.05) is 29.8 Å². The summed E-state index contributed by atoms with van der Waals surface area (Å²) in [6.45, 7) is 0. The molecule has 23 heavy (non-hydrogen) atoms. The number of halogens is 1. The van der Waals surface area contributed by atoms with E-state index in [2.05, 4.69) is 15.1 Å². The lowest BCUT2D eigenvalue weighted by atomic mass is 10.1. The molecule has 0 aliphatic heterocycles. The zero-order valence-electron chi connectivity index (χ0n) is 11.8. The summed E-state index contributed by atoms with van der Waals surface area (Å²) in [6, 6.07) is 5.98. The van der Waals surface area contributed by atoms with Gasteiger partial charge in [0.05, 0.1) is 10.4 Å². The van der Waals surface area contributed by atoms with Crippen LogP contribution in [-0.2, 0) is 9.84 Å². The normalized spacial score (nSPS) is 11.7. The molecule has 3 rings (SSSR count). The first-order valence-corrected chi connectivity index (χ1v) is 8.56. The minimum atomic E-state index is -3.64. The monoisotopic (exact) mass is 351 g/mol. The van der Waals surface area contributed by atoms with Gasteiger partial charge in [0.15, 0.2) is 5.65 Å². The third kappa shape index (κ3) is 2.64. The maximum absolute atomic E-state index is 11.6. The number of benzene rings is 1. The van der Waals surface area contributed by atoms with Crippen LogP contribution in [0.3, 0.4) is 0 Å². The summed E-state index contributed by atoms with van der Waals surface area (Å²) in [4.78, 5) is 19.3. The Bertz CT molecular complexity index is 1040. The molecule has 2 heterocycles. The van der Waals surface area contributed by atoms with Gasteiger partial charge in [-0.15, -0.1) is 0 Å². The number of sulfone groups is 1. The maximum atomic E-state index is 11.6. The number of rotatable bonds is 2. The van der Waals surface area contributed by atoms with Gasteiger partial charge in [0, 0.05) is 18.0 Å². The minimum absolute atomic E-state index is 0.00263. The van der Waals surface area contributed by atoms with Crippen LogP contribution >= 0.6 is 11.6 Å². The summed E-state index contributed by atoms with van der Waals surface area (Å²) in [5.41, 5.74) is 6.18. The van der Waals surface area contributed by atoms with Crippen molar-refractivity contribution in [2.45, 2.75) is 5.16 Å². The molecule has 0 radical (unpaired) electrons. The van der Waals surface area contributed by atoms with Crippen LogP contribution in [0, 0.1) is 0 Å². The molecule has 0 fully saturated rings. The molecule has 0 atom stereocenters. The van der Waals surface area contributed by atoms with E-state index >= 15 is 0 Å². The van der Waals surface area contributed by atoms with E-state index in [1.807, 2.05) is 0 Å². The fourth-order valence-electron chi connectivity index (χ4n) is 2.07. The highest BCUT2D eigenvalue weighted by Gasteiger charge is 2.21. The van der Waals surface area contributed by atoms with Gasteiger partial charge in [-0.25, -0.2) is 18.2 Å². The number of nitrogens with two attached hydrogens (primary N) is 1. The van der Waals surface area contributed by atoms with Crippen molar-refractivity contribution in [2.24, 2.45) is 5.73 Å². The van der Waals surface area contributed by atoms with E-state index in [4.69, 9.17) is 17.3 Å². The lowest BCUT2D eigenvalue weighted by molar-refractivity contribution is 0.248. The zero-order valence-corrected chi connectivity index (χ0v) is 13.3. The molecule has 10 heteroatoms. The molecule has 118 valence electrons. The lowest BCUT2D eigenvalue weighted by Crippen LogP contribution is -2.21. The molecular weight excluding hydrogens is 342 g/mol. The van der Waals surface area contributed by atoms with Gasteiger partial charge < -0.3 is 5.73 Å². The number of amides is 1. The quantitative estimate of drug-likeness (QED) is 0.698. The zero-order chi connectivity index (χ0) is 16.8. The third-order valence-corrected chi connectivity index (χ3v) is 4.26. The topological polar surface area (TPSA) is 121 Å². The Kier molecular flexibility index (Phi) is 3.53. The molecule has 0 aliphatic carbocycles. The van der Waals surface area contributed by atoms with Gasteiger partial charge in [-0.2, -0.15) is 14.8 Å². The summed E-state index contributed by atoms with van der Waals surface area (Å²) in [5.74, 6) is 0. The third-order valence-electron chi connectivity index (χ3n) is 3.07. The van der Waals surface area contributed by atoms with E-state index in [1.165, 1.54) is 6.20 Å². The second-order valence-electron chi connectivity index (χ2n) is 4.74. The molecule has 3 aromatic rings. The molecule has 8 nitrogen and oxygen atoms in total. The Balaban J connectivity index is 2.38. The van der Waals surface area contributed by atoms with Gasteiger partial charge in [-0.3, -0.25) is 0 Å². The van der Waals surface area contributed by atoms with E-state index in [9.17, 15) is 13.2 Å². The van der Waals surface area contributed by atoms with Crippen molar-refractivity contribution in [1.82, 2.24) is 19.7 Å². The summed E-state index contributed by atoms with van der Waals surface area (Å²) in [5, 5.41) is 4.46. The van der Waals surface area contributed by atoms with Crippen LogP contribution in [0.5, 0.6) is 0 Å². The first kappa shape index (κ1) is 15.4. The molecule has 0 aliphatic rings. The van der Waals surface area contributed by atoms with E-state index in [-0.39, 0.29) is 5.65 Å². The lowest BCUT2D eigenvalue weighted by Gasteiger charge is -2.00. The van der Waals surface area contributed by atoms with Crippen LogP contribution in [0.4, 0.5) is 4.79 Å². The molecule has 1 aromatic carbocycles. The molecule has 0 saturated heterocycles. The number of hydrogen-bond donors (Lipinski definition) is 1. The van der Waals surface area contributed by atoms with Crippen LogP contribution in [0.1, 0.15) is 0 Å². The van der Waals surface area contributed by atoms with Gasteiger partial charge in [0.1, 0.15) is 5.69 Å². The first-order valence-electron chi connectivity index (χ1n) is 6.29. The number of fused-ring (bicyclic) bond motifs is 1. The summed E-state index contributed by atoms with van der Waals surface area (Å²) in [7, 11) is -3.64. The van der Waals surface area contributed by atoms with Crippen LogP contribution in [0.25, 0.3) is 22.3 Å². The van der Waals surface area contributed by atoms with E-state index in [0.717, 1.165) is 10.9 Å². The summed E-state index contributed by atoms with van der Waals surface area (Å²) >= 11 is 6.15. The van der Waals surface area contributed by atoms with Crippen LogP contribution in [-0.4, -0.2) is 40.5 Å². The second kappa shape index (κ2) is 5.28. The maximum Gasteiger partial charge on any atom is 0.341 e.